The lowest BCUT2D eigenvalue weighted by Gasteiger charge is -2.46. The van der Waals surface area contributed by atoms with Crippen molar-refractivity contribution in [3.8, 4) is 0 Å². The highest BCUT2D eigenvalue weighted by Gasteiger charge is 2.61. The normalized spacial score (nSPS) is 40.7. The third kappa shape index (κ3) is 1.78. The molecule has 0 amide bonds. The number of aliphatic hydroxyl groups is 4. The maximum Gasteiger partial charge on any atom is 0.337 e. The third-order valence-corrected chi connectivity index (χ3v) is 5.81. The Kier molecular flexibility index (Phi) is 3.47. The van der Waals surface area contributed by atoms with E-state index in [0.717, 1.165) is 0 Å². The Bertz CT molecular complexity index is 288. The first-order chi connectivity index (χ1) is 7.16. The van der Waals surface area contributed by atoms with E-state index in [9.17, 15) is 20.1 Å². The Balaban J connectivity index is 3.10. The highest BCUT2D eigenvalue weighted by atomic mass is 28.3. The number of rotatable bonds is 2. The van der Waals surface area contributed by atoms with Gasteiger partial charge in [0.05, 0.1) is 6.61 Å². The minimum Gasteiger partial charge on any atom is -0.455 e. The molecule has 0 unspecified atom stereocenters. The van der Waals surface area contributed by atoms with E-state index < -0.39 is 44.2 Å². The molecule has 4 atom stereocenters. The smallest absolute Gasteiger partial charge is 0.337 e. The Morgan fingerprint density at radius 2 is 1.88 bits per heavy atom. The van der Waals surface area contributed by atoms with Gasteiger partial charge in [0.2, 0.25) is 0 Å². The van der Waals surface area contributed by atoms with Gasteiger partial charge in [-0.3, -0.25) is 0 Å². The van der Waals surface area contributed by atoms with Crippen molar-refractivity contribution >= 4 is 14.0 Å². The molecule has 16 heavy (non-hydrogen) atoms. The zero-order valence-electron chi connectivity index (χ0n) is 9.54. The second kappa shape index (κ2) is 4.08. The third-order valence-electron chi connectivity index (χ3n) is 3.03. The highest BCUT2D eigenvalue weighted by Crippen LogP contribution is 2.33. The number of aliphatic hydroxyl groups excluding tert-OH is 3. The lowest BCUT2D eigenvalue weighted by Crippen LogP contribution is -2.73. The Morgan fingerprint density at radius 1 is 1.38 bits per heavy atom. The van der Waals surface area contributed by atoms with Crippen molar-refractivity contribution in [2.24, 2.45) is 0 Å². The monoisotopic (exact) mass is 250 g/mol. The Labute approximate surface area is 94.5 Å². The predicted octanol–water partition coefficient (Wildman–Crippen LogP) is -1.77. The van der Waals surface area contributed by atoms with Crippen molar-refractivity contribution in [2.45, 2.75) is 43.2 Å². The molecule has 1 rings (SSSR count). The number of cyclic esters (lactones) is 1. The molecule has 0 aromatic heterocycles. The summed E-state index contributed by atoms with van der Waals surface area (Å²) in [6.45, 7) is 4.46. The maximum absolute atomic E-state index is 11.7. The zero-order chi connectivity index (χ0) is 12.7. The molecule has 1 saturated heterocycles. The number of ether oxygens (including phenoxy) is 1. The molecule has 0 spiro atoms. The number of hydrogen-bond acceptors (Lipinski definition) is 6. The second-order valence-corrected chi connectivity index (χ2v) is 10.3. The fourth-order valence-electron chi connectivity index (χ4n) is 1.76. The van der Waals surface area contributed by atoms with Crippen molar-refractivity contribution in [2.75, 3.05) is 6.61 Å². The maximum atomic E-state index is 11.7. The van der Waals surface area contributed by atoms with E-state index in [4.69, 9.17) is 9.84 Å². The standard InChI is InChI=1S/C9H18O6Si/c1-16(2,3)9(14)7(12)6(11)5(4-10)15-8(9)13/h5-7,10-12,14H,4H2,1-3H3/t5-,6-,7+,9+/m1/s1. The Hall–Kier alpha value is -0.473. The summed E-state index contributed by atoms with van der Waals surface area (Å²) >= 11 is 0. The number of hydrogen-bond donors (Lipinski definition) is 4. The molecular formula is C9H18O6Si. The molecule has 6 nitrogen and oxygen atoms in total. The highest BCUT2D eigenvalue weighted by molar-refractivity contribution is 6.82. The summed E-state index contributed by atoms with van der Waals surface area (Å²) in [7, 11) is -2.50. The van der Waals surface area contributed by atoms with Crippen LogP contribution in [-0.2, 0) is 9.53 Å². The molecule has 0 radical (unpaired) electrons. The quantitative estimate of drug-likeness (QED) is 0.341. The van der Waals surface area contributed by atoms with Crippen LogP contribution in [0.15, 0.2) is 0 Å². The van der Waals surface area contributed by atoms with Gasteiger partial charge >= 0.3 is 5.97 Å². The molecular weight excluding hydrogens is 232 g/mol. The van der Waals surface area contributed by atoms with Crippen LogP contribution >= 0.6 is 0 Å². The SMILES string of the molecule is C[Si](C)(C)[C@]1(O)C(=O)O[C@H](CO)[C@@H](O)[C@@H]1O. The summed E-state index contributed by atoms with van der Waals surface area (Å²) in [5.41, 5.74) is 0. The second-order valence-electron chi connectivity index (χ2n) is 5.08. The number of carbonyl (C=O) groups excluding carboxylic acids is 1. The van der Waals surface area contributed by atoms with Crippen molar-refractivity contribution in [3.05, 3.63) is 0 Å². The van der Waals surface area contributed by atoms with Crippen LogP contribution < -0.4 is 0 Å². The summed E-state index contributed by atoms with van der Waals surface area (Å²) in [5.74, 6) is -0.969. The van der Waals surface area contributed by atoms with Gasteiger partial charge in [-0.1, -0.05) is 19.6 Å². The molecule has 1 heterocycles. The van der Waals surface area contributed by atoms with Crippen molar-refractivity contribution in [1.29, 1.82) is 0 Å². The van der Waals surface area contributed by atoms with Crippen molar-refractivity contribution < 1.29 is 30.0 Å². The summed E-state index contributed by atoms with van der Waals surface area (Å²) in [6.07, 6.45) is -4.28. The lowest BCUT2D eigenvalue weighted by molar-refractivity contribution is -0.217. The molecule has 1 aliphatic heterocycles. The van der Waals surface area contributed by atoms with Gasteiger partial charge in [0.15, 0.2) is 11.3 Å². The van der Waals surface area contributed by atoms with E-state index in [1.165, 1.54) is 0 Å². The van der Waals surface area contributed by atoms with Gasteiger partial charge in [0, 0.05) is 0 Å². The van der Waals surface area contributed by atoms with Gasteiger partial charge in [-0.15, -0.1) is 0 Å². The Morgan fingerprint density at radius 3 is 2.25 bits per heavy atom. The van der Waals surface area contributed by atoms with E-state index in [2.05, 4.69) is 0 Å². The van der Waals surface area contributed by atoms with Crippen LogP contribution in [0.3, 0.4) is 0 Å². The van der Waals surface area contributed by atoms with Crippen LogP contribution in [0.25, 0.3) is 0 Å². The van der Waals surface area contributed by atoms with Gasteiger partial charge in [-0.05, 0) is 0 Å². The first-order valence-corrected chi connectivity index (χ1v) is 8.56. The van der Waals surface area contributed by atoms with Gasteiger partial charge in [0.25, 0.3) is 0 Å². The summed E-state index contributed by atoms with van der Waals surface area (Å²) in [6, 6.07) is 0. The first-order valence-electron chi connectivity index (χ1n) is 5.06. The van der Waals surface area contributed by atoms with Gasteiger partial charge in [-0.2, -0.15) is 0 Å². The van der Waals surface area contributed by atoms with E-state index >= 15 is 0 Å². The van der Waals surface area contributed by atoms with Crippen molar-refractivity contribution in [3.63, 3.8) is 0 Å². The van der Waals surface area contributed by atoms with E-state index in [0.29, 0.717) is 0 Å². The topological polar surface area (TPSA) is 107 Å². The van der Waals surface area contributed by atoms with Crippen LogP contribution in [-0.4, -0.2) is 64.6 Å². The molecule has 1 fully saturated rings. The van der Waals surface area contributed by atoms with Gasteiger partial charge < -0.3 is 25.2 Å². The largest absolute Gasteiger partial charge is 0.455 e. The minimum absolute atomic E-state index is 0.592. The molecule has 94 valence electrons. The summed E-state index contributed by atoms with van der Waals surface area (Å²) < 4.78 is 4.75. The van der Waals surface area contributed by atoms with Gasteiger partial charge in [-0.25, -0.2) is 4.79 Å². The van der Waals surface area contributed by atoms with Crippen LogP contribution in [0.5, 0.6) is 0 Å². The molecule has 0 saturated carbocycles. The molecule has 0 bridgehead atoms. The average molecular weight is 250 g/mol. The zero-order valence-corrected chi connectivity index (χ0v) is 10.5. The molecule has 0 aliphatic carbocycles. The predicted molar refractivity (Wildman–Crippen MR) is 57.3 cm³/mol. The first kappa shape index (κ1) is 13.6. The van der Waals surface area contributed by atoms with Crippen LogP contribution in [0, 0.1) is 0 Å². The van der Waals surface area contributed by atoms with Crippen LogP contribution in [0.1, 0.15) is 0 Å². The van der Waals surface area contributed by atoms with Crippen molar-refractivity contribution in [1.82, 2.24) is 0 Å². The van der Waals surface area contributed by atoms with Crippen LogP contribution in [0.2, 0.25) is 19.6 Å². The molecule has 4 N–H and O–H groups in total. The minimum atomic E-state index is -2.50. The summed E-state index contributed by atoms with van der Waals surface area (Å²) in [5, 5.41) is 36.5. The summed E-state index contributed by atoms with van der Waals surface area (Å²) in [4.78, 5) is 11.7. The fraction of sp³-hybridized carbons (Fsp3) is 0.889. The molecule has 0 aromatic rings. The average Bonchev–Trinajstić information content (AvgIpc) is 2.18. The van der Waals surface area contributed by atoms with E-state index in [-0.39, 0.29) is 0 Å². The van der Waals surface area contributed by atoms with Crippen LogP contribution in [0.4, 0.5) is 0 Å². The van der Waals surface area contributed by atoms with E-state index in [1.807, 2.05) is 0 Å². The molecule has 7 heteroatoms. The molecule has 0 aromatic carbocycles. The van der Waals surface area contributed by atoms with E-state index in [1.54, 1.807) is 19.6 Å². The fourth-order valence-corrected chi connectivity index (χ4v) is 3.49. The lowest BCUT2D eigenvalue weighted by atomic mass is 9.99. The van der Waals surface area contributed by atoms with Gasteiger partial charge in [0.1, 0.15) is 20.3 Å². The number of carbonyl (C=O) groups is 1. The molecule has 1 aliphatic rings. The number of esters is 1.